The molecule has 0 atom stereocenters. The normalized spacial score (nSPS) is 11.7. The minimum atomic E-state index is 0.761. The van der Waals surface area contributed by atoms with Gasteiger partial charge >= 0.3 is 0 Å². The minimum absolute atomic E-state index is 0.761. The predicted molar refractivity (Wildman–Crippen MR) is 148 cm³/mol. The van der Waals surface area contributed by atoms with Crippen LogP contribution in [0, 0.1) is 0 Å². The molecule has 0 saturated carbocycles. The smallest absolute Gasteiger partial charge is 0.161 e. The lowest BCUT2D eigenvalue weighted by molar-refractivity contribution is 0.669. The highest BCUT2D eigenvalue weighted by Crippen LogP contribution is 2.37. The maximum absolute atomic E-state index is 6.21. The molecular weight excluding hydrogens is 472 g/mol. The summed E-state index contributed by atoms with van der Waals surface area (Å²) in [5.74, 6) is 0. The van der Waals surface area contributed by atoms with E-state index in [9.17, 15) is 0 Å². The van der Waals surface area contributed by atoms with Gasteiger partial charge in [0.25, 0.3) is 0 Å². The lowest BCUT2D eigenvalue weighted by Crippen LogP contribution is -1.90. The number of furan rings is 2. The zero-order valence-corrected chi connectivity index (χ0v) is 20.0. The van der Waals surface area contributed by atoms with E-state index in [4.69, 9.17) is 8.83 Å². The lowest BCUT2D eigenvalue weighted by atomic mass is 10.0. The van der Waals surface area contributed by atoms with Crippen LogP contribution in [0.4, 0.5) is 0 Å². The van der Waals surface area contributed by atoms with E-state index in [1.165, 1.54) is 0 Å². The summed E-state index contributed by atoms with van der Waals surface area (Å²) in [6.45, 7) is 0. The zero-order valence-electron chi connectivity index (χ0n) is 20.0. The van der Waals surface area contributed by atoms with Gasteiger partial charge in [-0.05, 0) is 71.8 Å². The van der Waals surface area contributed by atoms with Crippen molar-refractivity contribution < 1.29 is 8.83 Å². The Balaban J connectivity index is 1.25. The fourth-order valence-corrected chi connectivity index (χ4v) is 5.14. The van der Waals surface area contributed by atoms with Crippen LogP contribution in [0.15, 0.2) is 119 Å². The first kappa shape index (κ1) is 20.8. The van der Waals surface area contributed by atoms with Gasteiger partial charge in [-0.3, -0.25) is 19.9 Å². The number of hydrogen-bond acceptors (Lipinski definition) is 6. The molecule has 0 aliphatic carbocycles. The second kappa shape index (κ2) is 8.08. The number of pyridine rings is 4. The van der Waals surface area contributed by atoms with E-state index in [2.05, 4.69) is 19.9 Å². The summed E-state index contributed by atoms with van der Waals surface area (Å²) in [5, 5.41) is 2.00. The first-order chi connectivity index (χ1) is 18.8. The largest absolute Gasteiger partial charge is 0.454 e. The van der Waals surface area contributed by atoms with E-state index in [1.54, 1.807) is 12.4 Å². The van der Waals surface area contributed by atoms with Gasteiger partial charge in [0.1, 0.15) is 22.2 Å². The second-order valence-corrected chi connectivity index (χ2v) is 9.13. The van der Waals surface area contributed by atoms with Crippen LogP contribution in [0.25, 0.3) is 77.8 Å². The Kier molecular flexibility index (Phi) is 4.42. The summed E-state index contributed by atoms with van der Waals surface area (Å²) in [4.78, 5) is 18.5. The van der Waals surface area contributed by atoms with Crippen molar-refractivity contribution in [3.63, 3.8) is 0 Å². The van der Waals surface area contributed by atoms with E-state index < -0.39 is 0 Å². The monoisotopic (exact) mass is 490 g/mol. The molecule has 2 aromatic carbocycles. The highest BCUT2D eigenvalue weighted by molar-refractivity contribution is 6.08. The van der Waals surface area contributed by atoms with Crippen molar-refractivity contribution in [3.8, 4) is 33.6 Å². The fourth-order valence-electron chi connectivity index (χ4n) is 5.14. The van der Waals surface area contributed by atoms with Crippen molar-refractivity contribution >= 4 is 44.1 Å². The average Bonchev–Trinajstić information content (AvgIpc) is 3.56. The number of fused-ring (bicyclic) bond motifs is 6. The second-order valence-electron chi connectivity index (χ2n) is 9.13. The van der Waals surface area contributed by atoms with E-state index >= 15 is 0 Å². The molecule has 8 aromatic rings. The summed E-state index contributed by atoms with van der Waals surface area (Å²) >= 11 is 0. The fraction of sp³-hybridized carbons (Fsp3) is 0. The van der Waals surface area contributed by atoms with E-state index in [-0.39, 0.29) is 0 Å². The van der Waals surface area contributed by atoms with Gasteiger partial charge in [-0.2, -0.15) is 0 Å². The summed E-state index contributed by atoms with van der Waals surface area (Å²) in [6, 6.07) is 27.9. The van der Waals surface area contributed by atoms with Crippen LogP contribution in [0.1, 0.15) is 0 Å². The van der Waals surface area contributed by atoms with Crippen molar-refractivity contribution in [1.82, 2.24) is 19.9 Å². The minimum Gasteiger partial charge on any atom is -0.454 e. The molecule has 0 spiro atoms. The first-order valence-corrected chi connectivity index (χ1v) is 12.3. The summed E-state index contributed by atoms with van der Waals surface area (Å²) in [7, 11) is 0. The predicted octanol–water partition coefficient (Wildman–Crippen LogP) is 8.07. The van der Waals surface area contributed by atoms with E-state index in [0.717, 1.165) is 77.8 Å². The van der Waals surface area contributed by atoms with Gasteiger partial charge in [0.2, 0.25) is 0 Å². The molecule has 0 N–H and O–H groups in total. The number of benzene rings is 2. The van der Waals surface area contributed by atoms with Crippen LogP contribution in [-0.4, -0.2) is 19.9 Å². The molecule has 0 radical (unpaired) electrons. The van der Waals surface area contributed by atoms with Gasteiger partial charge < -0.3 is 8.83 Å². The van der Waals surface area contributed by atoms with Gasteiger partial charge in [0, 0.05) is 46.7 Å². The van der Waals surface area contributed by atoms with Crippen molar-refractivity contribution in [2.24, 2.45) is 0 Å². The Labute approximate surface area is 216 Å². The molecule has 178 valence electrons. The van der Waals surface area contributed by atoms with Crippen LogP contribution >= 0.6 is 0 Å². The summed E-state index contributed by atoms with van der Waals surface area (Å²) in [5.41, 5.74) is 10.3. The zero-order chi connectivity index (χ0) is 25.1. The molecule has 6 heteroatoms. The first-order valence-electron chi connectivity index (χ1n) is 12.3. The highest BCUT2D eigenvalue weighted by Gasteiger charge is 2.16. The Morgan fingerprint density at radius 3 is 1.39 bits per heavy atom. The summed E-state index contributed by atoms with van der Waals surface area (Å²) < 4.78 is 12.4. The third kappa shape index (κ3) is 3.14. The van der Waals surface area contributed by atoms with Gasteiger partial charge in [-0.1, -0.05) is 24.3 Å². The van der Waals surface area contributed by atoms with E-state index in [1.807, 2.05) is 97.3 Å². The van der Waals surface area contributed by atoms with Gasteiger partial charge in [-0.25, -0.2) is 0 Å². The van der Waals surface area contributed by atoms with Gasteiger partial charge in [-0.15, -0.1) is 0 Å². The maximum Gasteiger partial charge on any atom is 0.161 e. The molecule has 0 saturated heterocycles. The average molecular weight is 491 g/mol. The molecule has 0 aliphatic heterocycles. The summed E-state index contributed by atoms with van der Waals surface area (Å²) in [6.07, 6.45) is 7.25. The van der Waals surface area contributed by atoms with Crippen LogP contribution in [0.3, 0.4) is 0 Å². The molecule has 6 heterocycles. The molecule has 38 heavy (non-hydrogen) atoms. The van der Waals surface area contributed by atoms with Crippen LogP contribution < -0.4 is 0 Å². The molecule has 6 nitrogen and oxygen atoms in total. The van der Waals surface area contributed by atoms with Crippen molar-refractivity contribution in [2.45, 2.75) is 0 Å². The molecule has 0 fully saturated rings. The molecule has 0 unspecified atom stereocenters. The van der Waals surface area contributed by atoms with Gasteiger partial charge in [0.05, 0.1) is 11.4 Å². The van der Waals surface area contributed by atoms with Crippen molar-refractivity contribution in [3.05, 3.63) is 110 Å². The maximum atomic E-state index is 6.21. The van der Waals surface area contributed by atoms with Crippen LogP contribution in [-0.2, 0) is 0 Å². The third-order valence-electron chi connectivity index (χ3n) is 6.92. The topological polar surface area (TPSA) is 77.8 Å². The van der Waals surface area contributed by atoms with Gasteiger partial charge in [0.15, 0.2) is 11.2 Å². The van der Waals surface area contributed by atoms with Crippen molar-refractivity contribution in [1.29, 1.82) is 0 Å². The number of para-hydroxylation sites is 2. The number of aromatic nitrogens is 4. The molecule has 0 aliphatic rings. The quantitative estimate of drug-likeness (QED) is 0.249. The number of nitrogens with zero attached hydrogens (tertiary/aromatic N) is 4. The molecule has 6 aromatic heterocycles. The van der Waals surface area contributed by atoms with Crippen LogP contribution in [0.2, 0.25) is 0 Å². The molecular formula is C32H18N4O2. The van der Waals surface area contributed by atoms with E-state index in [0.29, 0.717) is 0 Å². The number of rotatable bonds is 3. The Hall–Kier alpha value is -5.36. The Morgan fingerprint density at radius 2 is 0.895 bits per heavy atom. The molecule has 0 bridgehead atoms. The third-order valence-corrected chi connectivity index (χ3v) is 6.92. The van der Waals surface area contributed by atoms with Crippen LogP contribution in [0.5, 0.6) is 0 Å². The SMILES string of the molecule is c1ccc2c(c1)oc1c(-c3ccnc(-c4cc(-c5ccnc6c5oc5ccccc56)ccn4)c3)ccnc12. The Morgan fingerprint density at radius 1 is 0.447 bits per heavy atom. The standard InChI is InChI=1S/C32H18N4O2/c1-3-7-27-23(5-1)29-31(37-27)21(11-15-35-29)19-9-13-33-25(17-19)26-18-20(10-14-34-26)22-12-16-36-30-24-6-2-4-8-28(24)38-32(22)30/h1-18H. The highest BCUT2D eigenvalue weighted by atomic mass is 16.3. The lowest BCUT2D eigenvalue weighted by Gasteiger charge is -2.07. The number of hydrogen-bond donors (Lipinski definition) is 0. The van der Waals surface area contributed by atoms with Crippen molar-refractivity contribution in [2.75, 3.05) is 0 Å². The molecule has 0 amide bonds. The molecule has 8 rings (SSSR count). The Bertz CT molecular complexity index is 2000.